The maximum atomic E-state index is 11.8. The van der Waals surface area contributed by atoms with Crippen molar-refractivity contribution in [2.45, 2.75) is 59.9 Å². The minimum atomic E-state index is -0.886. The van der Waals surface area contributed by atoms with E-state index in [0.29, 0.717) is 24.3 Å². The lowest BCUT2D eigenvalue weighted by Gasteiger charge is -2.26. The van der Waals surface area contributed by atoms with Gasteiger partial charge in [0, 0.05) is 12.6 Å². The second-order valence-electron chi connectivity index (χ2n) is 7.80. The third-order valence-electron chi connectivity index (χ3n) is 3.84. The molecule has 0 saturated heterocycles. The van der Waals surface area contributed by atoms with E-state index >= 15 is 0 Å². The predicted octanol–water partition coefficient (Wildman–Crippen LogP) is 2.61. The van der Waals surface area contributed by atoms with E-state index in [0.717, 1.165) is 6.42 Å². The van der Waals surface area contributed by atoms with Gasteiger partial charge in [0.05, 0.1) is 6.42 Å². The molecule has 0 radical (unpaired) electrons. The van der Waals surface area contributed by atoms with E-state index in [2.05, 4.69) is 24.5 Å². The fourth-order valence-electron chi connectivity index (χ4n) is 2.50. The molecule has 116 valence electrons. The summed E-state index contributed by atoms with van der Waals surface area (Å²) in [6, 6.07) is -0.595. The lowest BCUT2D eigenvalue weighted by Crippen LogP contribution is -2.45. The van der Waals surface area contributed by atoms with Gasteiger partial charge in [-0.2, -0.15) is 0 Å². The van der Waals surface area contributed by atoms with E-state index < -0.39 is 5.97 Å². The Morgan fingerprint density at radius 1 is 1.35 bits per heavy atom. The van der Waals surface area contributed by atoms with Crippen molar-refractivity contribution in [3.63, 3.8) is 0 Å². The Bertz CT molecular complexity index is 372. The second-order valence-corrected chi connectivity index (χ2v) is 7.80. The average molecular weight is 284 g/mol. The molecule has 1 aliphatic carbocycles. The Morgan fingerprint density at radius 3 is 2.30 bits per heavy atom. The molecule has 2 atom stereocenters. The maximum Gasteiger partial charge on any atom is 0.315 e. The number of hydrogen-bond donors (Lipinski definition) is 3. The summed E-state index contributed by atoms with van der Waals surface area (Å²) < 4.78 is 0. The van der Waals surface area contributed by atoms with Gasteiger partial charge in [0.2, 0.25) is 0 Å². The fourth-order valence-corrected chi connectivity index (χ4v) is 2.50. The average Bonchev–Trinajstić information content (AvgIpc) is 2.79. The SMILES string of the molecule is CC(C)(C)CC(CC(=O)O)NC(=O)NCC1CC1(C)C. The topological polar surface area (TPSA) is 78.4 Å². The number of urea groups is 1. The number of carboxylic acids is 1. The van der Waals surface area contributed by atoms with Crippen LogP contribution in [0.2, 0.25) is 0 Å². The lowest BCUT2D eigenvalue weighted by molar-refractivity contribution is -0.137. The van der Waals surface area contributed by atoms with Crippen molar-refractivity contribution in [3.05, 3.63) is 0 Å². The minimum Gasteiger partial charge on any atom is -0.481 e. The molecule has 1 rings (SSSR count). The Kier molecular flexibility index (Phi) is 5.05. The number of carboxylic acid groups (broad SMARTS) is 1. The van der Waals surface area contributed by atoms with Gasteiger partial charge in [-0.1, -0.05) is 34.6 Å². The van der Waals surface area contributed by atoms with Crippen LogP contribution < -0.4 is 10.6 Å². The van der Waals surface area contributed by atoms with Gasteiger partial charge in [-0.15, -0.1) is 0 Å². The van der Waals surface area contributed by atoms with Crippen molar-refractivity contribution < 1.29 is 14.7 Å². The molecule has 0 heterocycles. The quantitative estimate of drug-likeness (QED) is 0.701. The van der Waals surface area contributed by atoms with Crippen LogP contribution in [0.5, 0.6) is 0 Å². The Morgan fingerprint density at radius 2 is 1.90 bits per heavy atom. The van der Waals surface area contributed by atoms with E-state index in [1.54, 1.807) is 0 Å². The van der Waals surface area contributed by atoms with E-state index in [1.807, 2.05) is 20.8 Å². The molecule has 1 saturated carbocycles. The third-order valence-corrected chi connectivity index (χ3v) is 3.84. The van der Waals surface area contributed by atoms with Crippen molar-refractivity contribution in [1.29, 1.82) is 0 Å². The zero-order valence-electron chi connectivity index (χ0n) is 13.2. The van der Waals surface area contributed by atoms with Crippen LogP contribution in [0.1, 0.15) is 53.9 Å². The molecule has 0 aromatic carbocycles. The summed E-state index contributed by atoms with van der Waals surface area (Å²) in [6.45, 7) is 11.1. The maximum absolute atomic E-state index is 11.8. The van der Waals surface area contributed by atoms with Crippen molar-refractivity contribution in [2.75, 3.05) is 6.54 Å². The van der Waals surface area contributed by atoms with Crippen molar-refractivity contribution in [1.82, 2.24) is 10.6 Å². The fraction of sp³-hybridized carbons (Fsp3) is 0.867. The van der Waals surface area contributed by atoms with Gasteiger partial charge < -0.3 is 15.7 Å². The van der Waals surface area contributed by atoms with Gasteiger partial charge in [-0.05, 0) is 29.6 Å². The van der Waals surface area contributed by atoms with Gasteiger partial charge in [-0.3, -0.25) is 4.79 Å². The molecule has 0 bridgehead atoms. The number of aliphatic carboxylic acids is 1. The van der Waals surface area contributed by atoms with Crippen LogP contribution in [0.25, 0.3) is 0 Å². The highest BCUT2D eigenvalue weighted by atomic mass is 16.4. The van der Waals surface area contributed by atoms with E-state index in [1.165, 1.54) is 0 Å². The monoisotopic (exact) mass is 284 g/mol. The molecule has 0 aromatic rings. The van der Waals surface area contributed by atoms with E-state index in [9.17, 15) is 9.59 Å². The molecule has 0 aromatic heterocycles. The van der Waals surface area contributed by atoms with Crippen LogP contribution in [0, 0.1) is 16.7 Å². The van der Waals surface area contributed by atoms with Crippen LogP contribution in [0.4, 0.5) is 4.79 Å². The molecule has 2 amide bonds. The van der Waals surface area contributed by atoms with Crippen molar-refractivity contribution in [2.24, 2.45) is 16.7 Å². The molecule has 3 N–H and O–H groups in total. The first kappa shape index (κ1) is 16.8. The number of rotatable bonds is 6. The number of carbonyl (C=O) groups excluding carboxylic acids is 1. The minimum absolute atomic E-state index is 0.0219. The smallest absolute Gasteiger partial charge is 0.315 e. The van der Waals surface area contributed by atoms with Gasteiger partial charge in [-0.25, -0.2) is 4.79 Å². The molecule has 20 heavy (non-hydrogen) atoms. The van der Waals surface area contributed by atoms with E-state index in [4.69, 9.17) is 5.11 Å². The van der Waals surface area contributed by atoms with Crippen molar-refractivity contribution >= 4 is 12.0 Å². The molecule has 2 unspecified atom stereocenters. The van der Waals surface area contributed by atoms with Crippen LogP contribution in [-0.2, 0) is 4.79 Å². The molecule has 0 aliphatic heterocycles. The number of nitrogens with one attached hydrogen (secondary N) is 2. The predicted molar refractivity (Wildman–Crippen MR) is 78.5 cm³/mol. The first-order valence-corrected chi connectivity index (χ1v) is 7.26. The summed E-state index contributed by atoms with van der Waals surface area (Å²) >= 11 is 0. The number of hydrogen-bond acceptors (Lipinski definition) is 2. The highest BCUT2D eigenvalue weighted by Crippen LogP contribution is 2.50. The van der Waals surface area contributed by atoms with Crippen LogP contribution in [-0.4, -0.2) is 29.7 Å². The molecule has 5 nitrogen and oxygen atoms in total. The number of carbonyl (C=O) groups is 2. The zero-order valence-corrected chi connectivity index (χ0v) is 13.2. The van der Waals surface area contributed by atoms with Gasteiger partial charge in [0.1, 0.15) is 0 Å². The molecule has 1 fully saturated rings. The number of amides is 2. The van der Waals surface area contributed by atoms with Crippen LogP contribution in [0.3, 0.4) is 0 Å². The van der Waals surface area contributed by atoms with Gasteiger partial charge >= 0.3 is 12.0 Å². The summed E-state index contributed by atoms with van der Waals surface area (Å²) in [4.78, 5) is 22.7. The standard InChI is InChI=1S/C15H28N2O3/c1-14(2,3)8-11(6-12(18)19)17-13(20)16-9-10-7-15(10,4)5/h10-11H,6-9H2,1-5H3,(H,18,19)(H2,16,17,20). The first-order valence-electron chi connectivity index (χ1n) is 7.26. The highest BCUT2D eigenvalue weighted by Gasteiger charge is 2.45. The molecular formula is C15H28N2O3. The molecule has 1 aliphatic rings. The van der Waals surface area contributed by atoms with E-state index in [-0.39, 0.29) is 23.9 Å². The highest BCUT2D eigenvalue weighted by molar-refractivity contribution is 5.75. The summed E-state index contributed by atoms with van der Waals surface area (Å²) in [5, 5.41) is 14.5. The van der Waals surface area contributed by atoms with Gasteiger partial charge in [0.25, 0.3) is 0 Å². The van der Waals surface area contributed by atoms with Crippen molar-refractivity contribution in [3.8, 4) is 0 Å². The van der Waals surface area contributed by atoms with Gasteiger partial charge in [0.15, 0.2) is 0 Å². The van der Waals surface area contributed by atoms with Crippen LogP contribution >= 0.6 is 0 Å². The normalized spacial score (nSPS) is 21.9. The molecular weight excluding hydrogens is 256 g/mol. The zero-order chi connectivity index (χ0) is 15.6. The Balaban J connectivity index is 2.39. The summed E-state index contributed by atoms with van der Waals surface area (Å²) in [6.07, 6.45) is 1.73. The second kappa shape index (κ2) is 6.02. The third kappa shape index (κ3) is 6.26. The lowest BCUT2D eigenvalue weighted by atomic mass is 9.87. The van der Waals surface area contributed by atoms with Crippen LogP contribution in [0.15, 0.2) is 0 Å². The summed E-state index contributed by atoms with van der Waals surface area (Å²) in [5.74, 6) is -0.350. The Labute approximate surface area is 121 Å². The summed E-state index contributed by atoms with van der Waals surface area (Å²) in [5.41, 5.74) is 0.311. The Hall–Kier alpha value is -1.26. The first-order chi connectivity index (χ1) is 8.99. The largest absolute Gasteiger partial charge is 0.481 e. The summed E-state index contributed by atoms with van der Waals surface area (Å²) in [7, 11) is 0. The molecule has 0 spiro atoms. The molecule has 5 heteroatoms.